The third kappa shape index (κ3) is 6.25. The summed E-state index contributed by atoms with van der Waals surface area (Å²) in [6.07, 6.45) is -0.759. The molecule has 0 spiro atoms. The Hall–Kier alpha value is -3.67. The van der Waals surface area contributed by atoms with Gasteiger partial charge in [-0.3, -0.25) is 15.0 Å². The summed E-state index contributed by atoms with van der Waals surface area (Å²) in [7, 11) is 1.19. The lowest BCUT2D eigenvalue weighted by molar-refractivity contribution is -0.131. The van der Waals surface area contributed by atoms with Gasteiger partial charge < -0.3 is 20.1 Å². The standard InChI is InChI=1S/C15H16ClN7O5/c1-7(24)17-10-5-4-9(6-11(10)28-8(2)25)18-13-19-12(16)20-14(21-13)22-23-15(26)27-3/h4-6H,1-3H3,(H,17,24)(H,23,26)(H2,18,19,20,21,22). The number of rotatable bonds is 6. The van der Waals surface area contributed by atoms with Crippen LogP contribution in [0.1, 0.15) is 13.8 Å². The molecule has 148 valence electrons. The molecule has 13 heteroatoms. The molecule has 1 aromatic heterocycles. The number of hydrogen-bond acceptors (Lipinski definition) is 10. The van der Waals surface area contributed by atoms with Gasteiger partial charge in [0.1, 0.15) is 0 Å². The maximum atomic E-state index is 11.3. The van der Waals surface area contributed by atoms with Crippen molar-refractivity contribution in [1.29, 1.82) is 0 Å². The fourth-order valence-electron chi connectivity index (χ4n) is 1.88. The first-order valence-electron chi connectivity index (χ1n) is 7.65. The lowest BCUT2D eigenvalue weighted by Crippen LogP contribution is -2.30. The molecule has 2 amide bonds. The Kier molecular flexibility index (Phi) is 6.87. The van der Waals surface area contributed by atoms with Crippen molar-refractivity contribution >= 4 is 52.8 Å². The third-order valence-electron chi connectivity index (χ3n) is 2.87. The molecular weight excluding hydrogens is 394 g/mol. The van der Waals surface area contributed by atoms with Crippen LogP contribution in [0, 0.1) is 0 Å². The Labute approximate surface area is 164 Å². The zero-order valence-electron chi connectivity index (χ0n) is 15.0. The monoisotopic (exact) mass is 409 g/mol. The van der Waals surface area contributed by atoms with Crippen molar-refractivity contribution in [2.45, 2.75) is 13.8 Å². The number of halogens is 1. The van der Waals surface area contributed by atoms with Crippen LogP contribution < -0.4 is 26.2 Å². The first-order valence-corrected chi connectivity index (χ1v) is 8.03. The van der Waals surface area contributed by atoms with Gasteiger partial charge in [-0.15, -0.1) is 0 Å². The largest absolute Gasteiger partial charge is 0.452 e. The second-order valence-electron chi connectivity index (χ2n) is 5.10. The third-order valence-corrected chi connectivity index (χ3v) is 3.04. The Morgan fingerprint density at radius 3 is 2.43 bits per heavy atom. The van der Waals surface area contributed by atoms with Crippen LogP contribution in [0.2, 0.25) is 5.28 Å². The normalized spacial score (nSPS) is 9.86. The minimum Gasteiger partial charge on any atom is -0.452 e. The Balaban J connectivity index is 2.24. The molecule has 0 radical (unpaired) electrons. The number of methoxy groups -OCH3 is 1. The van der Waals surface area contributed by atoms with Gasteiger partial charge in [-0.1, -0.05) is 0 Å². The van der Waals surface area contributed by atoms with Gasteiger partial charge in [0.25, 0.3) is 0 Å². The smallest absolute Gasteiger partial charge is 0.425 e. The van der Waals surface area contributed by atoms with Crippen LogP contribution >= 0.6 is 11.6 Å². The molecule has 0 aliphatic heterocycles. The highest BCUT2D eigenvalue weighted by Crippen LogP contribution is 2.29. The molecule has 0 atom stereocenters. The maximum absolute atomic E-state index is 11.3. The van der Waals surface area contributed by atoms with E-state index in [9.17, 15) is 14.4 Å². The van der Waals surface area contributed by atoms with Crippen molar-refractivity contribution in [3.05, 3.63) is 23.5 Å². The molecule has 0 unspecified atom stereocenters. The molecule has 2 rings (SSSR count). The van der Waals surface area contributed by atoms with Crippen molar-refractivity contribution in [2.75, 3.05) is 23.2 Å². The summed E-state index contributed by atoms with van der Waals surface area (Å²) in [5.41, 5.74) is 5.32. The van der Waals surface area contributed by atoms with Crippen LogP contribution in [-0.2, 0) is 14.3 Å². The SMILES string of the molecule is COC(=O)NNc1nc(Cl)nc(Nc2ccc(NC(C)=O)c(OC(C)=O)c2)n1. The van der Waals surface area contributed by atoms with E-state index in [1.165, 1.54) is 33.1 Å². The van der Waals surface area contributed by atoms with Crippen LogP contribution in [-0.4, -0.2) is 40.0 Å². The van der Waals surface area contributed by atoms with Gasteiger partial charge in [0, 0.05) is 25.6 Å². The highest BCUT2D eigenvalue weighted by Gasteiger charge is 2.11. The molecule has 0 bridgehead atoms. The van der Waals surface area contributed by atoms with Crippen molar-refractivity contribution in [1.82, 2.24) is 20.4 Å². The maximum Gasteiger partial charge on any atom is 0.425 e. The number of ether oxygens (including phenoxy) is 2. The Morgan fingerprint density at radius 2 is 1.79 bits per heavy atom. The number of nitrogens with one attached hydrogen (secondary N) is 4. The second-order valence-corrected chi connectivity index (χ2v) is 5.44. The number of carbonyl (C=O) groups excluding carboxylic acids is 3. The summed E-state index contributed by atoms with van der Waals surface area (Å²) in [5.74, 6) is -0.781. The van der Waals surface area contributed by atoms with Crippen molar-refractivity contribution in [3.8, 4) is 5.75 Å². The predicted molar refractivity (Wildman–Crippen MR) is 99.3 cm³/mol. The summed E-state index contributed by atoms with van der Waals surface area (Å²) in [5, 5.41) is 5.25. The zero-order valence-corrected chi connectivity index (χ0v) is 15.7. The summed E-state index contributed by atoms with van der Waals surface area (Å²) in [6.45, 7) is 2.56. The van der Waals surface area contributed by atoms with Gasteiger partial charge in [-0.2, -0.15) is 15.0 Å². The average molecular weight is 410 g/mol. The minimum absolute atomic E-state index is 0.0372. The number of anilines is 4. The van der Waals surface area contributed by atoms with Crippen LogP contribution in [0.5, 0.6) is 5.75 Å². The molecular formula is C15H16ClN7O5. The van der Waals surface area contributed by atoms with Gasteiger partial charge in [-0.05, 0) is 23.7 Å². The molecule has 28 heavy (non-hydrogen) atoms. The van der Waals surface area contributed by atoms with E-state index in [4.69, 9.17) is 16.3 Å². The van der Waals surface area contributed by atoms with E-state index >= 15 is 0 Å². The Morgan fingerprint density at radius 1 is 1.07 bits per heavy atom. The highest BCUT2D eigenvalue weighted by molar-refractivity contribution is 6.28. The number of aromatic nitrogens is 3. The average Bonchev–Trinajstić information content (AvgIpc) is 2.60. The summed E-state index contributed by atoms with van der Waals surface area (Å²) in [4.78, 5) is 45.4. The number of hydrazine groups is 1. The molecule has 0 saturated heterocycles. The number of carbonyl (C=O) groups is 3. The van der Waals surface area contributed by atoms with E-state index in [0.717, 1.165) is 0 Å². The molecule has 0 fully saturated rings. The van der Waals surface area contributed by atoms with Gasteiger partial charge in [0.05, 0.1) is 12.8 Å². The van der Waals surface area contributed by atoms with Gasteiger partial charge in [-0.25, -0.2) is 10.2 Å². The van der Waals surface area contributed by atoms with E-state index in [0.29, 0.717) is 11.4 Å². The lowest BCUT2D eigenvalue weighted by Gasteiger charge is -2.12. The van der Waals surface area contributed by atoms with E-state index in [1.54, 1.807) is 6.07 Å². The van der Waals surface area contributed by atoms with Gasteiger partial charge in [0.15, 0.2) is 5.75 Å². The number of amides is 2. The molecule has 0 aliphatic rings. The molecule has 1 aromatic carbocycles. The summed E-state index contributed by atoms with van der Waals surface area (Å²) >= 11 is 5.85. The van der Waals surface area contributed by atoms with Crippen LogP contribution in [0.3, 0.4) is 0 Å². The number of hydrogen-bond donors (Lipinski definition) is 4. The molecule has 4 N–H and O–H groups in total. The quantitative estimate of drug-likeness (QED) is 0.315. The molecule has 1 heterocycles. The number of esters is 1. The van der Waals surface area contributed by atoms with Crippen molar-refractivity contribution in [2.24, 2.45) is 0 Å². The molecule has 12 nitrogen and oxygen atoms in total. The molecule has 0 aliphatic carbocycles. The molecule has 2 aromatic rings. The van der Waals surface area contributed by atoms with E-state index < -0.39 is 12.1 Å². The summed E-state index contributed by atoms with van der Waals surface area (Å²) in [6, 6.07) is 4.59. The van der Waals surface area contributed by atoms with Crippen LogP contribution in [0.25, 0.3) is 0 Å². The Bertz CT molecular complexity index is 908. The van der Waals surface area contributed by atoms with Gasteiger partial charge in [0.2, 0.25) is 23.1 Å². The minimum atomic E-state index is -0.759. The second kappa shape index (κ2) is 9.32. The zero-order chi connectivity index (χ0) is 20.7. The highest BCUT2D eigenvalue weighted by atomic mass is 35.5. The number of benzene rings is 1. The predicted octanol–water partition coefficient (Wildman–Crippen LogP) is 1.84. The van der Waals surface area contributed by atoms with Crippen molar-refractivity contribution < 1.29 is 23.9 Å². The fraction of sp³-hybridized carbons (Fsp3) is 0.200. The van der Waals surface area contributed by atoms with E-state index in [2.05, 4.69) is 41.2 Å². The van der Waals surface area contributed by atoms with Crippen LogP contribution in [0.15, 0.2) is 18.2 Å². The first kappa shape index (κ1) is 20.6. The summed E-state index contributed by atoms with van der Waals surface area (Å²) < 4.78 is 9.51. The van der Waals surface area contributed by atoms with E-state index in [1.807, 2.05) is 0 Å². The first-order chi connectivity index (χ1) is 13.3. The van der Waals surface area contributed by atoms with Crippen LogP contribution in [0.4, 0.5) is 28.1 Å². The fourth-order valence-corrected chi connectivity index (χ4v) is 2.04. The molecule has 0 saturated carbocycles. The number of nitrogens with zero attached hydrogens (tertiary/aromatic N) is 3. The van der Waals surface area contributed by atoms with E-state index in [-0.39, 0.29) is 28.8 Å². The lowest BCUT2D eigenvalue weighted by atomic mass is 10.2. The van der Waals surface area contributed by atoms with Gasteiger partial charge >= 0.3 is 12.1 Å². The topological polar surface area (TPSA) is 156 Å². The van der Waals surface area contributed by atoms with Crippen molar-refractivity contribution in [3.63, 3.8) is 0 Å².